The highest BCUT2D eigenvalue weighted by atomic mass is 19.2. The highest BCUT2D eigenvalue weighted by Crippen LogP contribution is 2.13. The van der Waals surface area contributed by atoms with E-state index >= 15 is 0 Å². The number of anilines is 1. The van der Waals surface area contributed by atoms with Crippen LogP contribution in [-0.4, -0.2) is 18.5 Å². The van der Waals surface area contributed by atoms with Crippen LogP contribution in [-0.2, 0) is 14.3 Å². The molecule has 132 valence electrons. The topological polar surface area (TPSA) is 79.2 Å². The number of esters is 1. The molecule has 2 aromatic rings. The first-order valence-electron chi connectivity index (χ1n) is 7.49. The minimum Gasteiger partial charge on any atom is -0.451 e. The van der Waals surface area contributed by atoms with Crippen molar-refractivity contribution in [2.24, 2.45) is 0 Å². The van der Waals surface area contributed by atoms with Crippen molar-refractivity contribution in [3.8, 4) is 6.07 Å². The van der Waals surface area contributed by atoms with Gasteiger partial charge in [-0.3, -0.25) is 4.79 Å². The van der Waals surface area contributed by atoms with Crippen LogP contribution in [0.4, 0.5) is 14.5 Å². The summed E-state index contributed by atoms with van der Waals surface area (Å²) in [7, 11) is 0. The van der Waals surface area contributed by atoms with Gasteiger partial charge in [-0.15, -0.1) is 0 Å². The van der Waals surface area contributed by atoms with Gasteiger partial charge < -0.3 is 10.1 Å². The van der Waals surface area contributed by atoms with Crippen molar-refractivity contribution in [1.82, 2.24) is 0 Å². The number of ether oxygens (including phenoxy) is 1. The number of nitriles is 1. The summed E-state index contributed by atoms with van der Waals surface area (Å²) in [4.78, 5) is 23.6. The molecule has 0 saturated carbocycles. The molecule has 0 aliphatic carbocycles. The summed E-state index contributed by atoms with van der Waals surface area (Å²) in [5.41, 5.74) is 1.41. The Morgan fingerprint density at radius 1 is 1.15 bits per heavy atom. The van der Waals surface area contributed by atoms with Gasteiger partial charge >= 0.3 is 5.97 Å². The highest BCUT2D eigenvalue weighted by molar-refractivity contribution is 6.00. The maximum Gasteiger partial charge on any atom is 0.349 e. The van der Waals surface area contributed by atoms with E-state index in [1.165, 1.54) is 6.08 Å². The first-order chi connectivity index (χ1) is 12.4. The molecular formula is C19H14F2N2O3. The van der Waals surface area contributed by atoms with Crippen molar-refractivity contribution in [2.45, 2.75) is 6.92 Å². The van der Waals surface area contributed by atoms with Gasteiger partial charge in [0, 0.05) is 11.8 Å². The van der Waals surface area contributed by atoms with Crippen LogP contribution in [0.1, 0.15) is 11.1 Å². The van der Waals surface area contributed by atoms with Crippen molar-refractivity contribution in [3.63, 3.8) is 0 Å². The van der Waals surface area contributed by atoms with Crippen molar-refractivity contribution < 1.29 is 23.1 Å². The lowest BCUT2D eigenvalue weighted by Gasteiger charge is -2.06. The Bertz CT molecular complexity index is 900. The smallest absolute Gasteiger partial charge is 0.349 e. The Hall–Kier alpha value is -3.53. The molecule has 1 N–H and O–H groups in total. The number of hydrogen-bond acceptors (Lipinski definition) is 4. The Balaban J connectivity index is 1.95. The highest BCUT2D eigenvalue weighted by Gasteiger charge is 2.14. The van der Waals surface area contributed by atoms with E-state index in [2.05, 4.69) is 5.32 Å². The fourth-order valence-electron chi connectivity index (χ4n) is 1.95. The van der Waals surface area contributed by atoms with Crippen LogP contribution in [0, 0.1) is 29.9 Å². The Labute approximate surface area is 148 Å². The summed E-state index contributed by atoms with van der Waals surface area (Å²) in [6.45, 7) is 1.23. The summed E-state index contributed by atoms with van der Waals surface area (Å²) in [6, 6.07) is 11.6. The molecule has 5 nitrogen and oxygen atoms in total. The minimum atomic E-state index is -1.12. The second-order valence-electron chi connectivity index (χ2n) is 5.33. The molecule has 0 aromatic heterocycles. The van der Waals surface area contributed by atoms with Crippen molar-refractivity contribution in [1.29, 1.82) is 5.26 Å². The van der Waals surface area contributed by atoms with E-state index < -0.39 is 30.1 Å². The zero-order valence-corrected chi connectivity index (χ0v) is 13.8. The van der Waals surface area contributed by atoms with Crippen LogP contribution in [0.3, 0.4) is 0 Å². The van der Waals surface area contributed by atoms with Crippen LogP contribution < -0.4 is 5.32 Å². The van der Waals surface area contributed by atoms with Crippen LogP contribution in [0.25, 0.3) is 6.08 Å². The van der Waals surface area contributed by atoms with Gasteiger partial charge in [-0.25, -0.2) is 13.6 Å². The van der Waals surface area contributed by atoms with E-state index in [1.54, 1.807) is 18.2 Å². The molecule has 0 radical (unpaired) electrons. The zero-order valence-electron chi connectivity index (χ0n) is 13.8. The lowest BCUT2D eigenvalue weighted by molar-refractivity contribution is -0.142. The molecule has 0 aliphatic rings. The summed E-state index contributed by atoms with van der Waals surface area (Å²) in [5, 5.41) is 11.3. The summed E-state index contributed by atoms with van der Waals surface area (Å²) in [6.07, 6.45) is 1.34. The first-order valence-corrected chi connectivity index (χ1v) is 7.49. The van der Waals surface area contributed by atoms with E-state index in [1.807, 2.05) is 19.1 Å². The lowest BCUT2D eigenvalue weighted by Crippen LogP contribution is -2.21. The molecule has 0 bridgehead atoms. The average Bonchev–Trinajstić information content (AvgIpc) is 2.62. The quantitative estimate of drug-likeness (QED) is 0.506. The van der Waals surface area contributed by atoms with Gasteiger partial charge in [0.1, 0.15) is 11.6 Å². The lowest BCUT2D eigenvalue weighted by atomic mass is 10.1. The Morgan fingerprint density at radius 3 is 2.46 bits per heavy atom. The van der Waals surface area contributed by atoms with Crippen molar-refractivity contribution >= 4 is 23.6 Å². The molecule has 0 unspecified atom stereocenters. The van der Waals surface area contributed by atoms with Gasteiger partial charge in [-0.2, -0.15) is 5.26 Å². The predicted molar refractivity (Wildman–Crippen MR) is 90.7 cm³/mol. The normalized spacial score (nSPS) is 10.8. The first kappa shape index (κ1) is 18.8. The second-order valence-corrected chi connectivity index (χ2v) is 5.33. The average molecular weight is 356 g/mol. The van der Waals surface area contributed by atoms with E-state index in [0.717, 1.165) is 23.8 Å². The third kappa shape index (κ3) is 5.24. The number of nitrogens with one attached hydrogen (secondary N) is 1. The molecular weight excluding hydrogens is 342 g/mol. The maximum absolute atomic E-state index is 13.1. The fraction of sp³-hybridized carbons (Fsp3) is 0.105. The molecule has 26 heavy (non-hydrogen) atoms. The standard InChI is InChI=1S/C19H14F2N2O3/c1-12-2-4-13(5-3-12)8-14(10-22)19(25)26-11-18(24)23-15-6-7-16(20)17(21)9-15/h2-9H,11H2,1H3,(H,23,24)/b14-8+. The number of carbonyl (C=O) groups excluding carboxylic acids is 2. The number of hydrogen-bond donors (Lipinski definition) is 1. The number of nitrogens with zero attached hydrogens (tertiary/aromatic N) is 1. The SMILES string of the molecule is Cc1ccc(/C=C(\C#N)C(=O)OCC(=O)Nc2ccc(F)c(F)c2)cc1. The van der Waals surface area contributed by atoms with Crippen LogP contribution >= 0.6 is 0 Å². The van der Waals surface area contributed by atoms with Gasteiger partial charge in [0.15, 0.2) is 18.2 Å². The molecule has 0 atom stereocenters. The minimum absolute atomic E-state index is 0.0145. The molecule has 0 fully saturated rings. The Kier molecular flexibility index (Phi) is 6.17. The number of aryl methyl sites for hydroxylation is 1. The zero-order chi connectivity index (χ0) is 19.1. The molecule has 1 amide bonds. The fourth-order valence-corrected chi connectivity index (χ4v) is 1.95. The molecule has 0 heterocycles. The van der Waals surface area contributed by atoms with Crippen molar-refractivity contribution in [2.75, 3.05) is 11.9 Å². The largest absolute Gasteiger partial charge is 0.451 e. The van der Waals surface area contributed by atoms with Crippen LogP contribution in [0.15, 0.2) is 48.0 Å². The molecule has 2 rings (SSSR count). The molecule has 0 spiro atoms. The summed E-state index contributed by atoms with van der Waals surface area (Å²) in [5.74, 6) is -3.88. The molecule has 2 aromatic carbocycles. The monoisotopic (exact) mass is 356 g/mol. The number of benzene rings is 2. The third-order valence-electron chi connectivity index (χ3n) is 3.27. The van der Waals surface area contributed by atoms with Gasteiger partial charge in [0.2, 0.25) is 0 Å². The summed E-state index contributed by atoms with van der Waals surface area (Å²) >= 11 is 0. The number of amides is 1. The maximum atomic E-state index is 13.1. The van der Waals surface area contributed by atoms with E-state index in [-0.39, 0.29) is 11.3 Å². The molecule has 7 heteroatoms. The van der Waals surface area contributed by atoms with Crippen molar-refractivity contribution in [3.05, 3.63) is 70.8 Å². The Morgan fingerprint density at radius 2 is 1.85 bits per heavy atom. The number of carbonyl (C=O) groups is 2. The van der Waals surface area contributed by atoms with Gasteiger partial charge in [0.25, 0.3) is 5.91 Å². The molecule has 0 aliphatic heterocycles. The summed E-state index contributed by atoms with van der Waals surface area (Å²) < 4.78 is 30.7. The van der Waals surface area contributed by atoms with Gasteiger partial charge in [-0.05, 0) is 30.7 Å². The van der Waals surface area contributed by atoms with E-state index in [9.17, 15) is 18.4 Å². The van der Waals surface area contributed by atoms with E-state index in [4.69, 9.17) is 10.00 Å². The number of rotatable bonds is 5. The van der Waals surface area contributed by atoms with E-state index in [0.29, 0.717) is 5.56 Å². The van der Waals surface area contributed by atoms with Crippen LogP contribution in [0.2, 0.25) is 0 Å². The predicted octanol–water partition coefficient (Wildman–Crippen LogP) is 3.36. The van der Waals surface area contributed by atoms with Gasteiger partial charge in [0.05, 0.1) is 0 Å². The number of halogens is 2. The second kappa shape index (κ2) is 8.53. The van der Waals surface area contributed by atoms with Crippen LogP contribution in [0.5, 0.6) is 0 Å². The molecule has 0 saturated heterocycles. The third-order valence-corrected chi connectivity index (χ3v) is 3.27. The van der Waals surface area contributed by atoms with Gasteiger partial charge in [-0.1, -0.05) is 29.8 Å².